The standard InChI is InChI=1S/C28H49N5O5/c1-8-10-11-12-14-30-26(38)32-22(27(3,4)5)25(37)33-16-18-17(15-28(18,6)7)20(33)24(36)31-19(13-9-2)21(34)23(29)35/h17-20,22H,8-16H2,1-7H3,(H2,29,35)(H,31,36)(H2,30,32,38)/t17-,18-,19?,20-,22+/m0/s1. The van der Waals surface area contributed by atoms with Crippen LogP contribution in [0.25, 0.3) is 0 Å². The average Bonchev–Trinajstić information content (AvgIpc) is 3.15. The Hall–Kier alpha value is -2.65. The molecule has 5 atom stereocenters. The summed E-state index contributed by atoms with van der Waals surface area (Å²) >= 11 is 0. The molecule has 1 heterocycles. The predicted molar refractivity (Wildman–Crippen MR) is 146 cm³/mol. The van der Waals surface area contributed by atoms with E-state index >= 15 is 0 Å². The van der Waals surface area contributed by atoms with Gasteiger partial charge in [-0.05, 0) is 41.9 Å². The molecule has 1 saturated heterocycles. The lowest BCUT2D eigenvalue weighted by Crippen LogP contribution is -2.61. The lowest BCUT2D eigenvalue weighted by Gasteiger charge is -2.48. The monoisotopic (exact) mass is 535 g/mol. The highest BCUT2D eigenvalue weighted by Gasteiger charge is 2.61. The van der Waals surface area contributed by atoms with Crippen molar-refractivity contribution in [2.75, 3.05) is 13.1 Å². The Balaban J connectivity index is 2.24. The SMILES string of the molecule is CCCCCCNC(=O)N[C@H](C(=O)N1C[C@H]2[C@H](CC2(C)C)[C@H]1C(=O)NC(CCC)C(=O)C(N)=O)C(C)(C)C. The zero-order valence-electron chi connectivity index (χ0n) is 24.3. The molecule has 216 valence electrons. The number of amides is 5. The molecule has 0 bridgehead atoms. The summed E-state index contributed by atoms with van der Waals surface area (Å²) in [5, 5.41) is 8.43. The Bertz CT molecular complexity index is 897. The molecule has 5 amide bonds. The van der Waals surface area contributed by atoms with Crippen LogP contribution in [0.4, 0.5) is 4.79 Å². The largest absolute Gasteiger partial charge is 0.363 e. The van der Waals surface area contributed by atoms with Gasteiger partial charge in [0.25, 0.3) is 5.91 Å². The van der Waals surface area contributed by atoms with Gasteiger partial charge in [0, 0.05) is 13.1 Å². The van der Waals surface area contributed by atoms with Gasteiger partial charge in [-0.1, -0.05) is 74.1 Å². The van der Waals surface area contributed by atoms with Gasteiger partial charge in [0.2, 0.25) is 17.6 Å². The van der Waals surface area contributed by atoms with Gasteiger partial charge in [-0.2, -0.15) is 0 Å². The van der Waals surface area contributed by atoms with Gasteiger partial charge in [0.05, 0.1) is 6.04 Å². The maximum absolute atomic E-state index is 14.0. The number of nitrogens with two attached hydrogens (primary N) is 1. The minimum atomic E-state index is -1.09. The van der Waals surface area contributed by atoms with Crippen molar-refractivity contribution in [3.63, 3.8) is 0 Å². The number of likely N-dealkylation sites (tertiary alicyclic amines) is 1. The molecule has 1 saturated carbocycles. The molecular weight excluding hydrogens is 486 g/mol. The number of carbonyl (C=O) groups excluding carboxylic acids is 5. The number of hydrogen-bond acceptors (Lipinski definition) is 5. The van der Waals surface area contributed by atoms with Gasteiger partial charge in [-0.15, -0.1) is 0 Å². The fraction of sp³-hybridized carbons (Fsp3) is 0.821. The summed E-state index contributed by atoms with van der Waals surface area (Å²) in [7, 11) is 0. The van der Waals surface area contributed by atoms with E-state index < -0.39 is 47.2 Å². The number of rotatable bonds is 13. The van der Waals surface area contributed by atoms with Crippen LogP contribution in [0.2, 0.25) is 0 Å². The van der Waals surface area contributed by atoms with E-state index in [0.29, 0.717) is 19.5 Å². The second kappa shape index (κ2) is 12.9. The number of ketones is 1. The molecule has 2 aliphatic rings. The van der Waals surface area contributed by atoms with E-state index in [2.05, 4.69) is 36.7 Å². The van der Waals surface area contributed by atoms with Gasteiger partial charge in [-0.3, -0.25) is 19.2 Å². The first-order valence-electron chi connectivity index (χ1n) is 14.1. The van der Waals surface area contributed by atoms with Gasteiger partial charge < -0.3 is 26.6 Å². The van der Waals surface area contributed by atoms with Crippen LogP contribution in [0.15, 0.2) is 0 Å². The van der Waals surface area contributed by atoms with E-state index in [9.17, 15) is 24.0 Å². The molecule has 2 rings (SSSR count). The first-order chi connectivity index (χ1) is 17.7. The first-order valence-corrected chi connectivity index (χ1v) is 14.1. The number of primary amides is 1. The summed E-state index contributed by atoms with van der Waals surface area (Å²) in [5.41, 5.74) is 4.56. The fourth-order valence-electron chi connectivity index (χ4n) is 5.89. The highest BCUT2D eigenvalue weighted by molar-refractivity contribution is 6.37. The van der Waals surface area contributed by atoms with E-state index in [4.69, 9.17) is 5.73 Å². The number of fused-ring (bicyclic) bond motifs is 1. The Labute approximate surface area is 227 Å². The van der Waals surface area contributed by atoms with Crippen LogP contribution in [-0.2, 0) is 19.2 Å². The molecule has 1 aliphatic heterocycles. The molecule has 10 nitrogen and oxygen atoms in total. The number of carbonyl (C=O) groups is 5. The van der Waals surface area contributed by atoms with Crippen LogP contribution in [0.1, 0.15) is 93.4 Å². The van der Waals surface area contributed by atoms with Crippen molar-refractivity contribution in [3.05, 3.63) is 0 Å². The smallest absolute Gasteiger partial charge is 0.315 e. The molecule has 0 aromatic heterocycles. The van der Waals surface area contributed by atoms with Gasteiger partial charge >= 0.3 is 6.03 Å². The van der Waals surface area contributed by atoms with Crippen molar-refractivity contribution in [3.8, 4) is 0 Å². The van der Waals surface area contributed by atoms with E-state index in [-0.39, 0.29) is 29.6 Å². The maximum Gasteiger partial charge on any atom is 0.315 e. The third kappa shape index (κ3) is 7.47. The Morgan fingerprint density at radius 1 is 1.00 bits per heavy atom. The highest BCUT2D eigenvalue weighted by atomic mass is 16.2. The van der Waals surface area contributed by atoms with Crippen LogP contribution in [0.5, 0.6) is 0 Å². The number of hydrogen-bond donors (Lipinski definition) is 4. The van der Waals surface area contributed by atoms with Crippen molar-refractivity contribution in [1.29, 1.82) is 0 Å². The van der Waals surface area contributed by atoms with Crippen molar-refractivity contribution in [1.82, 2.24) is 20.9 Å². The third-order valence-electron chi connectivity index (χ3n) is 8.13. The zero-order chi connectivity index (χ0) is 28.8. The quantitative estimate of drug-likeness (QED) is 0.211. The molecule has 0 aromatic carbocycles. The van der Waals surface area contributed by atoms with Crippen molar-refractivity contribution < 1.29 is 24.0 Å². The van der Waals surface area contributed by atoms with Crippen LogP contribution >= 0.6 is 0 Å². The van der Waals surface area contributed by atoms with Gasteiger partial charge in [0.1, 0.15) is 12.1 Å². The van der Waals surface area contributed by atoms with E-state index in [1.54, 1.807) is 4.90 Å². The first kappa shape index (κ1) is 31.6. The van der Waals surface area contributed by atoms with E-state index in [0.717, 1.165) is 32.1 Å². The average molecular weight is 536 g/mol. The van der Waals surface area contributed by atoms with E-state index in [1.165, 1.54) is 0 Å². The second-order valence-corrected chi connectivity index (χ2v) is 12.7. The molecule has 1 unspecified atom stereocenters. The zero-order valence-corrected chi connectivity index (χ0v) is 24.3. The summed E-state index contributed by atoms with van der Waals surface area (Å²) in [6.07, 6.45) is 5.70. The van der Waals surface area contributed by atoms with Crippen LogP contribution < -0.4 is 21.7 Å². The summed E-state index contributed by atoms with van der Waals surface area (Å²) in [4.78, 5) is 65.8. The van der Waals surface area contributed by atoms with Crippen LogP contribution in [0.3, 0.4) is 0 Å². The lowest BCUT2D eigenvalue weighted by molar-refractivity contribution is -0.144. The summed E-state index contributed by atoms with van der Waals surface area (Å²) in [5.74, 6) is -2.66. The molecule has 0 aromatic rings. The van der Waals surface area contributed by atoms with Crippen molar-refractivity contribution >= 4 is 29.5 Å². The molecule has 38 heavy (non-hydrogen) atoms. The number of nitrogens with one attached hydrogen (secondary N) is 3. The van der Waals surface area contributed by atoms with Crippen molar-refractivity contribution in [2.24, 2.45) is 28.4 Å². The molecule has 5 N–H and O–H groups in total. The Morgan fingerprint density at radius 3 is 2.18 bits per heavy atom. The molecular formula is C28H49N5O5. The van der Waals surface area contributed by atoms with E-state index in [1.807, 2.05) is 27.7 Å². The predicted octanol–water partition coefficient (Wildman–Crippen LogP) is 2.49. The molecule has 1 aliphatic carbocycles. The second-order valence-electron chi connectivity index (χ2n) is 12.7. The molecule has 0 spiro atoms. The summed E-state index contributed by atoms with van der Waals surface area (Å²) in [6, 6.07) is -3.07. The third-order valence-corrected chi connectivity index (χ3v) is 8.13. The number of urea groups is 1. The van der Waals surface area contributed by atoms with Crippen molar-refractivity contribution in [2.45, 2.75) is 112 Å². The highest BCUT2D eigenvalue weighted by Crippen LogP contribution is 2.57. The normalized spacial score (nSPS) is 23.4. The number of unbranched alkanes of at least 4 members (excludes halogenated alkanes) is 3. The fourth-order valence-corrected chi connectivity index (χ4v) is 5.89. The molecule has 10 heteroatoms. The summed E-state index contributed by atoms with van der Waals surface area (Å²) in [6.45, 7) is 14.8. The van der Waals surface area contributed by atoms with Gasteiger partial charge in [0.15, 0.2) is 0 Å². The minimum Gasteiger partial charge on any atom is -0.363 e. The van der Waals surface area contributed by atoms with Gasteiger partial charge in [-0.25, -0.2) is 4.79 Å². The number of nitrogens with zero attached hydrogens (tertiary/aromatic N) is 1. The maximum atomic E-state index is 14.0. The lowest BCUT2D eigenvalue weighted by atomic mass is 9.55. The van der Waals surface area contributed by atoms with Crippen LogP contribution in [0, 0.1) is 22.7 Å². The van der Waals surface area contributed by atoms with Crippen LogP contribution in [-0.4, -0.2) is 65.7 Å². The Morgan fingerprint density at radius 2 is 1.66 bits per heavy atom. The number of Topliss-reactive ketones (excluding diaryl/α,β-unsaturated/α-hetero) is 1. The summed E-state index contributed by atoms with van der Waals surface area (Å²) < 4.78 is 0. The minimum absolute atomic E-state index is 0.0371. The Kier molecular flexibility index (Phi) is 10.7. The molecule has 0 radical (unpaired) electrons. The topological polar surface area (TPSA) is 151 Å². The molecule has 2 fully saturated rings.